The van der Waals surface area contributed by atoms with Gasteiger partial charge in [0.2, 0.25) is 5.91 Å². The van der Waals surface area contributed by atoms with Crippen LogP contribution in [0.4, 0.5) is 5.69 Å². The maximum absolute atomic E-state index is 11.6. The second-order valence-corrected chi connectivity index (χ2v) is 4.57. The van der Waals surface area contributed by atoms with Gasteiger partial charge in [-0.1, -0.05) is 18.2 Å². The van der Waals surface area contributed by atoms with Crippen molar-refractivity contribution in [2.24, 2.45) is 0 Å². The van der Waals surface area contributed by atoms with Gasteiger partial charge in [-0.05, 0) is 25.0 Å². The van der Waals surface area contributed by atoms with E-state index in [9.17, 15) is 4.79 Å². The van der Waals surface area contributed by atoms with Crippen LogP contribution in [0.1, 0.15) is 12.8 Å². The average Bonchev–Trinajstić information content (AvgIpc) is 3.20. The molecule has 2 N–H and O–H groups in total. The van der Waals surface area contributed by atoms with E-state index in [0.717, 1.165) is 29.4 Å². The number of anilines is 1. The monoisotopic (exact) mass is 241 g/mol. The molecule has 1 saturated carbocycles. The molecule has 0 spiro atoms. The lowest BCUT2D eigenvalue weighted by Gasteiger charge is -2.09. The SMILES string of the molecule is O=C(CNc1ccnc2ccccc12)NC1CC1. The quantitative estimate of drug-likeness (QED) is 0.860. The molecule has 1 amide bonds. The molecule has 0 aliphatic heterocycles. The van der Waals surface area contributed by atoms with E-state index in [-0.39, 0.29) is 5.91 Å². The first-order valence-corrected chi connectivity index (χ1v) is 6.20. The highest BCUT2D eigenvalue weighted by atomic mass is 16.2. The van der Waals surface area contributed by atoms with Crippen LogP contribution in [0, 0.1) is 0 Å². The molecular formula is C14H15N3O. The minimum atomic E-state index is 0.0541. The smallest absolute Gasteiger partial charge is 0.239 e. The normalized spacial score (nSPS) is 14.4. The second kappa shape index (κ2) is 4.64. The molecule has 1 aromatic carbocycles. The lowest BCUT2D eigenvalue weighted by Crippen LogP contribution is -2.31. The van der Waals surface area contributed by atoms with Crippen molar-refractivity contribution in [3.63, 3.8) is 0 Å². The van der Waals surface area contributed by atoms with Gasteiger partial charge >= 0.3 is 0 Å². The van der Waals surface area contributed by atoms with Gasteiger partial charge in [-0.2, -0.15) is 0 Å². The van der Waals surface area contributed by atoms with Crippen LogP contribution in [-0.4, -0.2) is 23.5 Å². The summed E-state index contributed by atoms with van der Waals surface area (Å²) in [5, 5.41) is 7.16. The molecule has 0 bridgehead atoms. The van der Waals surface area contributed by atoms with E-state index in [1.165, 1.54) is 0 Å². The lowest BCUT2D eigenvalue weighted by molar-refractivity contribution is -0.119. The van der Waals surface area contributed by atoms with Crippen LogP contribution in [0.3, 0.4) is 0 Å². The maximum Gasteiger partial charge on any atom is 0.239 e. The minimum Gasteiger partial charge on any atom is -0.376 e. The highest BCUT2D eigenvalue weighted by Crippen LogP contribution is 2.21. The Balaban J connectivity index is 1.71. The highest BCUT2D eigenvalue weighted by molar-refractivity contribution is 5.92. The largest absolute Gasteiger partial charge is 0.376 e. The van der Waals surface area contributed by atoms with Crippen molar-refractivity contribution in [1.82, 2.24) is 10.3 Å². The van der Waals surface area contributed by atoms with Crippen molar-refractivity contribution < 1.29 is 4.79 Å². The van der Waals surface area contributed by atoms with Crippen LogP contribution < -0.4 is 10.6 Å². The zero-order valence-corrected chi connectivity index (χ0v) is 10.0. The molecule has 0 radical (unpaired) electrons. The third-order valence-electron chi connectivity index (χ3n) is 3.03. The topological polar surface area (TPSA) is 54.0 Å². The number of aromatic nitrogens is 1. The number of hydrogen-bond donors (Lipinski definition) is 2. The van der Waals surface area contributed by atoms with Gasteiger partial charge in [0, 0.05) is 23.3 Å². The third-order valence-corrected chi connectivity index (χ3v) is 3.03. The molecule has 1 aliphatic carbocycles. The standard InChI is InChI=1S/C14H15N3O/c18-14(17-10-5-6-10)9-16-13-7-8-15-12-4-2-1-3-11(12)13/h1-4,7-8,10H,5-6,9H2,(H,15,16)(H,17,18). The zero-order chi connectivity index (χ0) is 12.4. The number of nitrogens with one attached hydrogen (secondary N) is 2. The van der Waals surface area contributed by atoms with Gasteiger partial charge in [-0.3, -0.25) is 9.78 Å². The van der Waals surface area contributed by atoms with E-state index in [1.807, 2.05) is 30.3 Å². The van der Waals surface area contributed by atoms with E-state index in [1.54, 1.807) is 6.20 Å². The molecule has 1 aromatic heterocycles. The molecule has 0 saturated heterocycles. The Labute approximate surface area is 105 Å². The van der Waals surface area contributed by atoms with Crippen molar-refractivity contribution in [3.05, 3.63) is 36.5 Å². The van der Waals surface area contributed by atoms with Crippen molar-refractivity contribution in [2.75, 3.05) is 11.9 Å². The summed E-state index contributed by atoms with van der Waals surface area (Å²) in [4.78, 5) is 15.9. The number of carbonyl (C=O) groups excluding carboxylic acids is 1. The molecule has 3 rings (SSSR count). The van der Waals surface area contributed by atoms with Gasteiger partial charge in [-0.25, -0.2) is 0 Å². The predicted octanol–water partition coefficient (Wildman–Crippen LogP) is 1.93. The number of pyridine rings is 1. The first-order chi connectivity index (χ1) is 8.83. The molecule has 1 aliphatic rings. The van der Waals surface area contributed by atoms with Gasteiger partial charge in [-0.15, -0.1) is 0 Å². The highest BCUT2D eigenvalue weighted by Gasteiger charge is 2.22. The van der Waals surface area contributed by atoms with Crippen LogP contribution in [0.25, 0.3) is 10.9 Å². The van der Waals surface area contributed by atoms with Crippen LogP contribution in [0.5, 0.6) is 0 Å². The summed E-state index contributed by atoms with van der Waals surface area (Å²) in [7, 11) is 0. The van der Waals surface area contributed by atoms with Gasteiger partial charge in [0.1, 0.15) is 0 Å². The molecule has 2 aromatic rings. The van der Waals surface area contributed by atoms with Crippen molar-refractivity contribution in [1.29, 1.82) is 0 Å². The number of benzene rings is 1. The Hall–Kier alpha value is -2.10. The Morgan fingerprint density at radius 1 is 1.28 bits per heavy atom. The molecule has 0 unspecified atom stereocenters. The third kappa shape index (κ3) is 2.42. The van der Waals surface area contributed by atoms with Crippen molar-refractivity contribution in [3.8, 4) is 0 Å². The van der Waals surface area contributed by atoms with Gasteiger partial charge in [0.15, 0.2) is 0 Å². The Morgan fingerprint density at radius 3 is 2.94 bits per heavy atom. The van der Waals surface area contributed by atoms with Crippen LogP contribution in [0.2, 0.25) is 0 Å². The van der Waals surface area contributed by atoms with E-state index in [4.69, 9.17) is 0 Å². The van der Waals surface area contributed by atoms with Gasteiger partial charge in [0.05, 0.1) is 12.1 Å². The van der Waals surface area contributed by atoms with Crippen molar-refractivity contribution in [2.45, 2.75) is 18.9 Å². The van der Waals surface area contributed by atoms with E-state index in [2.05, 4.69) is 15.6 Å². The van der Waals surface area contributed by atoms with Gasteiger partial charge < -0.3 is 10.6 Å². The Bertz CT molecular complexity index is 573. The number of rotatable bonds is 4. The molecule has 1 heterocycles. The number of fused-ring (bicyclic) bond motifs is 1. The number of para-hydroxylation sites is 1. The fourth-order valence-electron chi connectivity index (χ4n) is 1.93. The summed E-state index contributed by atoms with van der Waals surface area (Å²) in [6, 6.07) is 10.2. The van der Waals surface area contributed by atoms with Crippen LogP contribution in [0.15, 0.2) is 36.5 Å². The molecule has 0 atom stereocenters. The maximum atomic E-state index is 11.6. The van der Waals surface area contributed by atoms with E-state index < -0.39 is 0 Å². The molecule has 92 valence electrons. The van der Waals surface area contributed by atoms with E-state index >= 15 is 0 Å². The zero-order valence-electron chi connectivity index (χ0n) is 10.0. The van der Waals surface area contributed by atoms with Crippen molar-refractivity contribution >= 4 is 22.5 Å². The number of amides is 1. The first-order valence-electron chi connectivity index (χ1n) is 6.20. The Morgan fingerprint density at radius 2 is 2.11 bits per heavy atom. The fourth-order valence-corrected chi connectivity index (χ4v) is 1.93. The van der Waals surface area contributed by atoms with Crippen LogP contribution in [-0.2, 0) is 4.79 Å². The van der Waals surface area contributed by atoms with Gasteiger partial charge in [0.25, 0.3) is 0 Å². The second-order valence-electron chi connectivity index (χ2n) is 4.57. The predicted molar refractivity (Wildman–Crippen MR) is 71.4 cm³/mol. The summed E-state index contributed by atoms with van der Waals surface area (Å²) in [5.41, 5.74) is 1.89. The summed E-state index contributed by atoms with van der Waals surface area (Å²) in [6.07, 6.45) is 3.98. The molecule has 4 nitrogen and oxygen atoms in total. The Kier molecular flexibility index (Phi) is 2.84. The summed E-state index contributed by atoms with van der Waals surface area (Å²) >= 11 is 0. The number of nitrogens with zero attached hydrogens (tertiary/aromatic N) is 1. The van der Waals surface area contributed by atoms with Crippen LogP contribution >= 0.6 is 0 Å². The average molecular weight is 241 g/mol. The molecule has 18 heavy (non-hydrogen) atoms. The molecule has 1 fully saturated rings. The number of hydrogen-bond acceptors (Lipinski definition) is 3. The van der Waals surface area contributed by atoms with E-state index in [0.29, 0.717) is 12.6 Å². The molecule has 4 heteroatoms. The number of carbonyl (C=O) groups is 1. The summed E-state index contributed by atoms with van der Waals surface area (Å²) in [5.74, 6) is 0.0541. The molecular weight excluding hydrogens is 226 g/mol. The summed E-state index contributed by atoms with van der Waals surface area (Å²) in [6.45, 7) is 0.310. The summed E-state index contributed by atoms with van der Waals surface area (Å²) < 4.78 is 0. The first kappa shape index (κ1) is 11.0. The minimum absolute atomic E-state index is 0.0541. The lowest BCUT2D eigenvalue weighted by atomic mass is 10.2. The fraction of sp³-hybridized carbons (Fsp3) is 0.286.